The zero-order valence-corrected chi connectivity index (χ0v) is 14.2. The smallest absolute Gasteiger partial charge is 0.238 e. The van der Waals surface area contributed by atoms with Crippen LogP contribution in [0.15, 0.2) is 36.4 Å². The number of halogens is 3. The van der Waals surface area contributed by atoms with E-state index in [1.54, 1.807) is 18.2 Å². The summed E-state index contributed by atoms with van der Waals surface area (Å²) >= 11 is 0. The fourth-order valence-electron chi connectivity index (χ4n) is 2.54. The van der Waals surface area contributed by atoms with E-state index in [0.29, 0.717) is 18.7 Å². The van der Waals surface area contributed by atoms with Crippen LogP contribution >= 0.6 is 0 Å². The molecule has 26 heavy (non-hydrogen) atoms. The van der Waals surface area contributed by atoms with Gasteiger partial charge in [0, 0.05) is 6.54 Å². The first-order valence-corrected chi connectivity index (χ1v) is 8.09. The largest absolute Gasteiger partial charge is 0.322 e. The molecule has 0 saturated heterocycles. The van der Waals surface area contributed by atoms with E-state index in [1.165, 1.54) is 0 Å². The maximum atomic E-state index is 13.7. The predicted octanol–water partition coefficient (Wildman–Crippen LogP) is 3.83. The number of nitrogens with zero attached hydrogens (tertiary/aromatic N) is 2. The molecular formula is C19H18F3N3O. The molecule has 0 aliphatic rings. The molecule has 0 spiro atoms. The first-order valence-electron chi connectivity index (χ1n) is 8.09. The summed E-state index contributed by atoms with van der Waals surface area (Å²) in [5.41, 5.74) is 0.980. The zero-order valence-electron chi connectivity index (χ0n) is 14.2. The molecule has 7 heteroatoms. The molecule has 0 aromatic heterocycles. The minimum atomic E-state index is -1.62. The van der Waals surface area contributed by atoms with Gasteiger partial charge in [0.05, 0.1) is 23.9 Å². The highest BCUT2D eigenvalue weighted by Gasteiger charge is 2.17. The maximum Gasteiger partial charge on any atom is 0.238 e. The van der Waals surface area contributed by atoms with E-state index >= 15 is 0 Å². The number of carbonyl (C=O) groups excluding carboxylic acids is 1. The molecule has 0 bridgehead atoms. The minimum Gasteiger partial charge on any atom is -0.322 e. The number of hydrogen-bond acceptors (Lipinski definition) is 3. The fraction of sp³-hybridized carbons (Fsp3) is 0.263. The second kappa shape index (κ2) is 9.02. The molecule has 0 heterocycles. The highest BCUT2D eigenvalue weighted by molar-refractivity contribution is 5.92. The monoisotopic (exact) mass is 361 g/mol. The third-order valence-electron chi connectivity index (χ3n) is 3.68. The molecule has 0 aliphatic carbocycles. The molecule has 2 rings (SSSR count). The minimum absolute atomic E-state index is 0.0525. The van der Waals surface area contributed by atoms with Gasteiger partial charge in [0.2, 0.25) is 5.91 Å². The van der Waals surface area contributed by atoms with Crippen molar-refractivity contribution in [3.8, 4) is 6.07 Å². The number of amides is 1. The van der Waals surface area contributed by atoms with Gasteiger partial charge in [0.25, 0.3) is 0 Å². The van der Waals surface area contributed by atoms with Crippen LogP contribution < -0.4 is 5.32 Å². The zero-order chi connectivity index (χ0) is 19.1. The van der Waals surface area contributed by atoms with Gasteiger partial charge < -0.3 is 5.32 Å². The normalized spacial score (nSPS) is 10.6. The summed E-state index contributed by atoms with van der Waals surface area (Å²) in [6.07, 6.45) is 0.782. The Morgan fingerprint density at radius 1 is 1.19 bits per heavy atom. The van der Waals surface area contributed by atoms with Gasteiger partial charge in [-0.3, -0.25) is 9.69 Å². The number of nitriles is 1. The Morgan fingerprint density at radius 3 is 2.65 bits per heavy atom. The van der Waals surface area contributed by atoms with Crippen LogP contribution in [0.4, 0.5) is 18.9 Å². The number of hydrogen-bond donors (Lipinski definition) is 1. The maximum absolute atomic E-state index is 13.7. The molecule has 0 aliphatic heterocycles. The third kappa shape index (κ3) is 5.07. The molecule has 1 amide bonds. The first kappa shape index (κ1) is 19.5. The van der Waals surface area contributed by atoms with E-state index in [-0.39, 0.29) is 6.54 Å². The van der Waals surface area contributed by atoms with E-state index in [0.717, 1.165) is 24.1 Å². The summed E-state index contributed by atoms with van der Waals surface area (Å²) in [4.78, 5) is 14.0. The molecule has 1 N–H and O–H groups in total. The molecule has 4 nitrogen and oxygen atoms in total. The van der Waals surface area contributed by atoms with E-state index in [2.05, 4.69) is 11.4 Å². The number of rotatable bonds is 7. The number of carbonyl (C=O) groups is 1. The molecule has 2 aromatic carbocycles. The van der Waals surface area contributed by atoms with Crippen LogP contribution in [0.25, 0.3) is 0 Å². The van der Waals surface area contributed by atoms with Crippen LogP contribution in [0.3, 0.4) is 0 Å². The summed E-state index contributed by atoms with van der Waals surface area (Å²) in [5.74, 6) is -4.91. The van der Waals surface area contributed by atoms with Crippen LogP contribution in [0, 0.1) is 28.8 Å². The van der Waals surface area contributed by atoms with Crippen molar-refractivity contribution in [2.75, 3.05) is 18.4 Å². The molecule has 0 unspecified atom stereocenters. The van der Waals surface area contributed by atoms with Gasteiger partial charge in [-0.25, -0.2) is 13.2 Å². The number of nitrogens with one attached hydrogen (secondary N) is 1. The van der Waals surface area contributed by atoms with Crippen LogP contribution in [-0.2, 0) is 11.3 Å². The second-order valence-electron chi connectivity index (χ2n) is 5.79. The van der Waals surface area contributed by atoms with Gasteiger partial charge in [-0.1, -0.05) is 19.1 Å². The van der Waals surface area contributed by atoms with Crippen molar-refractivity contribution in [1.29, 1.82) is 5.26 Å². The van der Waals surface area contributed by atoms with Gasteiger partial charge >= 0.3 is 0 Å². The molecule has 0 fully saturated rings. The Bertz CT molecular complexity index is 833. The average molecular weight is 361 g/mol. The van der Waals surface area contributed by atoms with Gasteiger partial charge in [-0.05, 0) is 42.8 Å². The van der Waals surface area contributed by atoms with Crippen molar-refractivity contribution >= 4 is 11.6 Å². The van der Waals surface area contributed by atoms with Gasteiger partial charge in [0.15, 0.2) is 17.5 Å². The molecule has 136 valence electrons. The van der Waals surface area contributed by atoms with E-state index in [1.807, 2.05) is 17.9 Å². The third-order valence-corrected chi connectivity index (χ3v) is 3.68. The van der Waals surface area contributed by atoms with Crippen molar-refractivity contribution in [3.05, 3.63) is 65.0 Å². The topological polar surface area (TPSA) is 56.1 Å². The number of anilines is 1. The van der Waals surface area contributed by atoms with E-state index < -0.39 is 29.0 Å². The van der Waals surface area contributed by atoms with Crippen molar-refractivity contribution < 1.29 is 18.0 Å². The van der Waals surface area contributed by atoms with Crippen molar-refractivity contribution in [1.82, 2.24) is 4.90 Å². The molecule has 0 radical (unpaired) electrons. The quantitative estimate of drug-likeness (QED) is 0.763. The Morgan fingerprint density at radius 2 is 1.96 bits per heavy atom. The fourth-order valence-corrected chi connectivity index (χ4v) is 2.54. The highest BCUT2D eigenvalue weighted by atomic mass is 19.2. The summed E-state index contributed by atoms with van der Waals surface area (Å²) in [7, 11) is 0. The van der Waals surface area contributed by atoms with Gasteiger partial charge in [0.1, 0.15) is 0 Å². The van der Waals surface area contributed by atoms with Crippen LogP contribution in [-0.4, -0.2) is 23.9 Å². The van der Waals surface area contributed by atoms with Crippen LogP contribution in [0.1, 0.15) is 24.5 Å². The predicted molar refractivity (Wildman–Crippen MR) is 91.7 cm³/mol. The highest BCUT2D eigenvalue weighted by Crippen LogP contribution is 2.19. The molecular weight excluding hydrogens is 343 g/mol. The Kier molecular flexibility index (Phi) is 6.75. The lowest BCUT2D eigenvalue weighted by Crippen LogP contribution is -2.33. The summed E-state index contributed by atoms with van der Waals surface area (Å²) in [6, 6.07) is 10.8. The molecule has 2 aromatic rings. The van der Waals surface area contributed by atoms with Crippen LogP contribution in [0.2, 0.25) is 0 Å². The lowest BCUT2D eigenvalue weighted by molar-refractivity contribution is -0.117. The summed E-state index contributed by atoms with van der Waals surface area (Å²) in [5, 5.41) is 11.2. The lowest BCUT2D eigenvalue weighted by atomic mass is 10.1. The Labute approximate surface area is 149 Å². The Hall–Kier alpha value is -2.85. The van der Waals surface area contributed by atoms with E-state index in [9.17, 15) is 18.0 Å². The number of benzene rings is 2. The summed E-state index contributed by atoms with van der Waals surface area (Å²) < 4.78 is 39.9. The first-order chi connectivity index (χ1) is 12.4. The molecule has 0 saturated carbocycles. The standard InChI is InChI=1S/C19H18F3N3O/c1-2-8-25(11-14-5-3-4-13(9-14)10-23)12-17(26)24-16-7-6-15(20)18(21)19(16)22/h3-7,9H,2,8,11-12H2,1H3,(H,24,26). The van der Waals surface area contributed by atoms with Crippen molar-refractivity contribution in [2.45, 2.75) is 19.9 Å². The SMILES string of the molecule is CCCN(CC(=O)Nc1ccc(F)c(F)c1F)Cc1cccc(C#N)c1. The van der Waals surface area contributed by atoms with Crippen LogP contribution in [0.5, 0.6) is 0 Å². The Balaban J connectivity index is 2.06. The van der Waals surface area contributed by atoms with E-state index in [4.69, 9.17) is 5.26 Å². The summed E-state index contributed by atoms with van der Waals surface area (Å²) in [6.45, 7) is 2.93. The van der Waals surface area contributed by atoms with Crippen molar-refractivity contribution in [2.24, 2.45) is 0 Å². The molecule has 0 atom stereocenters. The average Bonchev–Trinajstić information content (AvgIpc) is 2.62. The van der Waals surface area contributed by atoms with Crippen molar-refractivity contribution in [3.63, 3.8) is 0 Å². The van der Waals surface area contributed by atoms with Gasteiger partial charge in [-0.15, -0.1) is 0 Å². The lowest BCUT2D eigenvalue weighted by Gasteiger charge is -2.21. The van der Waals surface area contributed by atoms with Gasteiger partial charge in [-0.2, -0.15) is 5.26 Å². The second-order valence-corrected chi connectivity index (χ2v) is 5.79.